The molecule has 5 rings (SSSR count). The number of pyridine rings is 1. The lowest BCUT2D eigenvalue weighted by molar-refractivity contribution is -0.128. The fourth-order valence-corrected chi connectivity index (χ4v) is 4.60. The minimum atomic E-state index is -0.304. The molecule has 0 bridgehead atoms. The van der Waals surface area contributed by atoms with Crippen LogP contribution in [-0.4, -0.2) is 61.1 Å². The van der Waals surface area contributed by atoms with E-state index < -0.39 is 0 Å². The fraction of sp³-hybridized carbons (Fsp3) is 0.409. The maximum atomic E-state index is 12.4. The molecule has 2 aliphatic rings. The number of hydrogen-bond donors (Lipinski definition) is 4. The quantitative estimate of drug-likeness (QED) is 0.477. The van der Waals surface area contributed by atoms with Crippen LogP contribution in [0.25, 0.3) is 21.8 Å². The number of nitrogens with two attached hydrogens (primary N) is 1. The molecule has 0 saturated carbocycles. The topological polar surface area (TPSA) is 124 Å². The van der Waals surface area contributed by atoms with Gasteiger partial charge in [0.15, 0.2) is 6.29 Å². The number of aldehydes is 1. The van der Waals surface area contributed by atoms with E-state index in [9.17, 15) is 9.59 Å². The number of hydrogen-bond acceptors (Lipinski definition) is 6. The van der Waals surface area contributed by atoms with Gasteiger partial charge >= 0.3 is 0 Å². The van der Waals surface area contributed by atoms with Crippen LogP contribution >= 0.6 is 0 Å². The zero-order chi connectivity index (χ0) is 21.7. The Morgan fingerprint density at radius 2 is 2.00 bits per heavy atom. The van der Waals surface area contributed by atoms with Crippen LogP contribution in [0.4, 0.5) is 5.82 Å². The van der Waals surface area contributed by atoms with Crippen LogP contribution in [0.2, 0.25) is 0 Å². The molecule has 2 fully saturated rings. The number of fused-ring (bicyclic) bond motifs is 3. The third-order valence-corrected chi connectivity index (χ3v) is 5.92. The highest BCUT2D eigenvalue weighted by Gasteiger charge is 2.45. The number of anilines is 1. The molecule has 8 nitrogen and oxygen atoms in total. The summed E-state index contributed by atoms with van der Waals surface area (Å²) in [6, 6.07) is 8.03. The van der Waals surface area contributed by atoms with Crippen molar-refractivity contribution in [2.24, 2.45) is 11.1 Å². The molecule has 8 heteroatoms. The number of carbonyl (C=O) groups is 2. The number of amides is 1. The van der Waals surface area contributed by atoms with Gasteiger partial charge in [-0.15, -0.1) is 0 Å². The van der Waals surface area contributed by atoms with Gasteiger partial charge in [-0.25, -0.2) is 4.98 Å². The number of H-pyrrole nitrogens is 1. The van der Waals surface area contributed by atoms with E-state index in [1.807, 2.05) is 18.2 Å². The van der Waals surface area contributed by atoms with Crippen LogP contribution in [0.15, 0.2) is 30.5 Å². The van der Waals surface area contributed by atoms with Crippen LogP contribution in [0.3, 0.4) is 0 Å². The van der Waals surface area contributed by atoms with Crippen molar-refractivity contribution in [2.45, 2.75) is 19.3 Å². The first-order valence-electron chi connectivity index (χ1n) is 10.1. The molecule has 5 N–H and O–H groups in total. The van der Waals surface area contributed by atoms with Gasteiger partial charge in [-0.1, -0.05) is 18.2 Å². The minimum Gasteiger partial charge on any atom is -0.400 e. The number of carbonyl (C=O) groups excluding carboxylic acids is 2. The zero-order valence-electron chi connectivity index (χ0n) is 17.4. The SMILES string of the molecule is CN.CO.O=Cc1cnc(N2CCC[C@@]3(CCNC3=O)C2)c2c1[nH]c1ccccc12. The van der Waals surface area contributed by atoms with Gasteiger partial charge in [0.25, 0.3) is 0 Å². The summed E-state index contributed by atoms with van der Waals surface area (Å²) in [6.07, 6.45) is 5.26. The molecule has 1 spiro atoms. The van der Waals surface area contributed by atoms with E-state index in [0.29, 0.717) is 12.1 Å². The van der Waals surface area contributed by atoms with Gasteiger partial charge in [-0.3, -0.25) is 9.59 Å². The number of nitrogens with zero attached hydrogens (tertiary/aromatic N) is 2. The lowest BCUT2D eigenvalue weighted by Crippen LogP contribution is -2.47. The normalized spacial score (nSPS) is 20.4. The Balaban J connectivity index is 0.000000606. The highest BCUT2D eigenvalue weighted by Crippen LogP contribution is 2.41. The van der Waals surface area contributed by atoms with E-state index in [1.165, 1.54) is 7.05 Å². The first kappa shape index (κ1) is 21.7. The van der Waals surface area contributed by atoms with E-state index in [1.54, 1.807) is 6.20 Å². The molecule has 0 radical (unpaired) electrons. The van der Waals surface area contributed by atoms with E-state index in [2.05, 4.69) is 32.0 Å². The molecule has 1 atom stereocenters. The van der Waals surface area contributed by atoms with E-state index in [4.69, 9.17) is 5.11 Å². The minimum absolute atomic E-state index is 0.168. The third-order valence-electron chi connectivity index (χ3n) is 5.92. The molecule has 30 heavy (non-hydrogen) atoms. The largest absolute Gasteiger partial charge is 0.400 e. The van der Waals surface area contributed by atoms with Crippen molar-refractivity contribution in [1.82, 2.24) is 15.3 Å². The van der Waals surface area contributed by atoms with Crippen molar-refractivity contribution in [3.63, 3.8) is 0 Å². The van der Waals surface area contributed by atoms with Gasteiger partial charge in [0.05, 0.1) is 21.9 Å². The maximum absolute atomic E-state index is 12.4. The van der Waals surface area contributed by atoms with Crippen LogP contribution in [-0.2, 0) is 4.79 Å². The molecule has 2 aliphatic heterocycles. The number of piperidine rings is 1. The number of aromatic nitrogens is 2. The van der Waals surface area contributed by atoms with E-state index in [0.717, 1.165) is 73.4 Å². The number of aliphatic hydroxyl groups is 1. The molecule has 0 aliphatic carbocycles. The van der Waals surface area contributed by atoms with Gasteiger partial charge in [0.2, 0.25) is 5.91 Å². The molecule has 1 amide bonds. The Morgan fingerprint density at radius 1 is 1.23 bits per heavy atom. The number of benzene rings is 1. The Bertz CT molecular complexity index is 1050. The summed E-state index contributed by atoms with van der Waals surface area (Å²) in [7, 11) is 2.50. The number of aromatic amines is 1. The molecular formula is C22H29N5O3. The van der Waals surface area contributed by atoms with Crippen LogP contribution in [0.1, 0.15) is 29.6 Å². The summed E-state index contributed by atoms with van der Waals surface area (Å²) in [4.78, 5) is 34.2. The van der Waals surface area contributed by atoms with E-state index >= 15 is 0 Å². The molecule has 4 heterocycles. The Kier molecular flexibility index (Phi) is 6.69. The van der Waals surface area contributed by atoms with Crippen molar-refractivity contribution < 1.29 is 14.7 Å². The van der Waals surface area contributed by atoms with Crippen LogP contribution in [0.5, 0.6) is 0 Å². The molecule has 2 saturated heterocycles. The van der Waals surface area contributed by atoms with Crippen LogP contribution in [0, 0.1) is 5.41 Å². The molecule has 1 aromatic carbocycles. The lowest BCUT2D eigenvalue weighted by atomic mass is 9.78. The zero-order valence-corrected chi connectivity index (χ0v) is 17.4. The fourth-order valence-electron chi connectivity index (χ4n) is 4.60. The first-order chi connectivity index (χ1) is 14.7. The van der Waals surface area contributed by atoms with Gasteiger partial charge in [-0.2, -0.15) is 0 Å². The average molecular weight is 412 g/mol. The maximum Gasteiger partial charge on any atom is 0.228 e. The summed E-state index contributed by atoms with van der Waals surface area (Å²) >= 11 is 0. The summed E-state index contributed by atoms with van der Waals surface area (Å²) in [5, 5.41) is 12.0. The first-order valence-corrected chi connectivity index (χ1v) is 10.1. The molecule has 160 valence electrons. The molecule has 3 aromatic rings. The highest BCUT2D eigenvalue weighted by atomic mass is 16.2. The predicted octanol–water partition coefficient (Wildman–Crippen LogP) is 1.82. The Morgan fingerprint density at radius 3 is 2.70 bits per heavy atom. The second-order valence-corrected chi connectivity index (χ2v) is 7.39. The summed E-state index contributed by atoms with van der Waals surface area (Å²) < 4.78 is 0. The van der Waals surface area contributed by atoms with Gasteiger partial charge < -0.3 is 26.0 Å². The van der Waals surface area contributed by atoms with Crippen molar-refractivity contribution in [3.05, 3.63) is 36.0 Å². The average Bonchev–Trinajstić information content (AvgIpc) is 3.37. The number of para-hydroxylation sites is 1. The van der Waals surface area contributed by atoms with Crippen molar-refractivity contribution in [2.75, 3.05) is 38.7 Å². The highest BCUT2D eigenvalue weighted by molar-refractivity contribution is 6.16. The lowest BCUT2D eigenvalue weighted by Gasteiger charge is -2.39. The van der Waals surface area contributed by atoms with Gasteiger partial charge in [-0.05, 0) is 32.4 Å². The smallest absolute Gasteiger partial charge is 0.228 e. The van der Waals surface area contributed by atoms with Gasteiger partial charge in [0, 0.05) is 43.8 Å². The predicted molar refractivity (Wildman–Crippen MR) is 119 cm³/mol. The standard InChI is InChI=1S/C20H20N4O2.CH5N.CH4O/c25-11-13-10-22-18(16-14-4-1-2-5-15(14)23-17(13)16)24-9-3-6-20(12-24)7-8-21-19(20)26;2*1-2/h1-2,4-5,10-11,23H,3,6-9,12H2,(H,21,26);2H2,1H3;2H,1H3/t20-;;/m1../s1. The second-order valence-electron chi connectivity index (χ2n) is 7.39. The number of rotatable bonds is 2. The summed E-state index contributed by atoms with van der Waals surface area (Å²) in [5.41, 5.74) is 6.57. The number of aliphatic hydroxyl groups excluding tert-OH is 1. The summed E-state index contributed by atoms with van der Waals surface area (Å²) in [5.74, 6) is 1.03. The van der Waals surface area contributed by atoms with Crippen molar-refractivity contribution in [1.29, 1.82) is 0 Å². The van der Waals surface area contributed by atoms with E-state index in [-0.39, 0.29) is 11.3 Å². The van der Waals surface area contributed by atoms with Crippen molar-refractivity contribution >= 4 is 39.8 Å². The van der Waals surface area contributed by atoms with Gasteiger partial charge in [0.1, 0.15) is 5.82 Å². The second kappa shape index (κ2) is 9.23. The molecule has 0 unspecified atom stereocenters. The third kappa shape index (κ3) is 3.53. The van der Waals surface area contributed by atoms with Crippen molar-refractivity contribution in [3.8, 4) is 0 Å². The molecule has 2 aromatic heterocycles. The Hall–Kier alpha value is -2.97. The van der Waals surface area contributed by atoms with Crippen LogP contribution < -0.4 is 16.0 Å². The number of nitrogens with one attached hydrogen (secondary N) is 2. The molecular weight excluding hydrogens is 382 g/mol. The summed E-state index contributed by atoms with van der Waals surface area (Å²) in [6.45, 7) is 2.31. The Labute approximate surface area is 175 Å². The monoisotopic (exact) mass is 411 g/mol.